The Morgan fingerprint density at radius 2 is 1.92 bits per heavy atom. The lowest BCUT2D eigenvalue weighted by molar-refractivity contribution is -0.384. The molecule has 2 aromatic carbocycles. The summed E-state index contributed by atoms with van der Waals surface area (Å²) in [6, 6.07) is 14.0. The van der Waals surface area contributed by atoms with Gasteiger partial charge in [0.2, 0.25) is 5.95 Å². The van der Waals surface area contributed by atoms with Crippen LogP contribution < -0.4 is 10.6 Å². The van der Waals surface area contributed by atoms with Crippen LogP contribution in [0, 0.1) is 17.0 Å². The summed E-state index contributed by atoms with van der Waals surface area (Å²) in [5, 5.41) is 21.1. The average molecular weight is 368 g/mol. The summed E-state index contributed by atoms with van der Waals surface area (Å²) in [6.07, 6.45) is 1.63. The molecular formula is C17H16N6O2S. The first kappa shape index (κ1) is 17.5. The van der Waals surface area contributed by atoms with E-state index < -0.39 is 4.92 Å². The zero-order valence-electron chi connectivity index (χ0n) is 13.9. The number of thiocarbonyl (C=S) groups is 1. The smallest absolute Gasteiger partial charge is 0.269 e. The molecular weight excluding hydrogens is 352 g/mol. The number of non-ortho nitro benzene ring substituents is 1. The Morgan fingerprint density at radius 3 is 2.62 bits per heavy atom. The summed E-state index contributed by atoms with van der Waals surface area (Å²) < 4.78 is 1.72. The second-order valence-corrected chi connectivity index (χ2v) is 5.98. The van der Waals surface area contributed by atoms with E-state index in [4.69, 9.17) is 12.2 Å². The molecule has 0 spiro atoms. The second kappa shape index (κ2) is 7.70. The number of anilines is 2. The molecule has 0 bridgehead atoms. The van der Waals surface area contributed by atoms with Crippen molar-refractivity contribution in [2.75, 3.05) is 10.6 Å². The molecule has 0 radical (unpaired) electrons. The van der Waals surface area contributed by atoms with Gasteiger partial charge in [0.05, 0.1) is 11.5 Å². The summed E-state index contributed by atoms with van der Waals surface area (Å²) in [7, 11) is 0. The molecule has 8 nitrogen and oxygen atoms in total. The van der Waals surface area contributed by atoms with Gasteiger partial charge in [-0.1, -0.05) is 24.3 Å². The topological polar surface area (TPSA) is 97.9 Å². The number of aryl methyl sites for hydroxylation is 1. The van der Waals surface area contributed by atoms with Crippen LogP contribution in [0.5, 0.6) is 0 Å². The molecule has 0 atom stereocenters. The van der Waals surface area contributed by atoms with Gasteiger partial charge in [0.1, 0.15) is 6.33 Å². The van der Waals surface area contributed by atoms with Crippen molar-refractivity contribution in [3.8, 4) is 0 Å². The zero-order chi connectivity index (χ0) is 18.5. The average Bonchev–Trinajstić information content (AvgIpc) is 3.04. The predicted octanol–water partition coefficient (Wildman–Crippen LogP) is 3.35. The largest absolute Gasteiger partial charge is 0.332 e. The maximum atomic E-state index is 10.7. The molecule has 0 fully saturated rings. The molecule has 0 aliphatic carbocycles. The van der Waals surface area contributed by atoms with E-state index in [0.717, 1.165) is 5.56 Å². The van der Waals surface area contributed by atoms with Crippen molar-refractivity contribution in [3.05, 3.63) is 76.1 Å². The molecule has 2 N–H and O–H groups in total. The number of benzene rings is 2. The highest BCUT2D eigenvalue weighted by Gasteiger charge is 2.07. The highest BCUT2D eigenvalue weighted by molar-refractivity contribution is 7.80. The number of hydrogen-bond acceptors (Lipinski definition) is 5. The van der Waals surface area contributed by atoms with E-state index in [-0.39, 0.29) is 5.69 Å². The van der Waals surface area contributed by atoms with Gasteiger partial charge in [0.15, 0.2) is 5.11 Å². The van der Waals surface area contributed by atoms with Crippen molar-refractivity contribution < 1.29 is 4.92 Å². The first-order valence-electron chi connectivity index (χ1n) is 7.77. The van der Waals surface area contributed by atoms with E-state index in [2.05, 4.69) is 33.7 Å². The van der Waals surface area contributed by atoms with Crippen molar-refractivity contribution in [3.63, 3.8) is 0 Å². The maximum Gasteiger partial charge on any atom is 0.269 e. The van der Waals surface area contributed by atoms with Gasteiger partial charge in [0, 0.05) is 17.8 Å². The summed E-state index contributed by atoms with van der Waals surface area (Å²) in [5.74, 6) is 0.373. The lowest BCUT2D eigenvalue weighted by atomic mass is 10.1. The third kappa shape index (κ3) is 4.39. The molecule has 0 unspecified atom stereocenters. The van der Waals surface area contributed by atoms with E-state index in [1.165, 1.54) is 17.7 Å². The Balaban J connectivity index is 1.59. The van der Waals surface area contributed by atoms with Crippen molar-refractivity contribution in [2.45, 2.75) is 13.5 Å². The molecule has 3 aromatic rings. The molecule has 0 aliphatic heterocycles. The summed E-state index contributed by atoms with van der Waals surface area (Å²) in [4.78, 5) is 14.4. The van der Waals surface area contributed by atoms with Gasteiger partial charge in [-0.15, -0.1) is 5.10 Å². The van der Waals surface area contributed by atoms with Crippen LogP contribution in [0.25, 0.3) is 0 Å². The van der Waals surface area contributed by atoms with Crippen LogP contribution in [0.2, 0.25) is 0 Å². The second-order valence-electron chi connectivity index (χ2n) is 5.58. The van der Waals surface area contributed by atoms with Crippen LogP contribution in [0.3, 0.4) is 0 Å². The minimum absolute atomic E-state index is 0.0195. The van der Waals surface area contributed by atoms with Gasteiger partial charge < -0.3 is 5.32 Å². The van der Waals surface area contributed by atoms with Crippen LogP contribution in [-0.4, -0.2) is 24.8 Å². The van der Waals surface area contributed by atoms with Gasteiger partial charge in [-0.3, -0.25) is 15.4 Å². The number of rotatable bonds is 5. The monoisotopic (exact) mass is 368 g/mol. The van der Waals surface area contributed by atoms with E-state index in [0.29, 0.717) is 23.3 Å². The number of hydrogen-bond donors (Lipinski definition) is 2. The first-order chi connectivity index (χ1) is 12.5. The van der Waals surface area contributed by atoms with E-state index in [1.54, 1.807) is 23.1 Å². The van der Waals surface area contributed by atoms with Gasteiger partial charge in [0.25, 0.3) is 5.69 Å². The van der Waals surface area contributed by atoms with Gasteiger partial charge in [-0.2, -0.15) is 0 Å². The molecule has 0 saturated heterocycles. The fourth-order valence-electron chi connectivity index (χ4n) is 2.32. The van der Waals surface area contributed by atoms with E-state index in [1.807, 2.05) is 18.2 Å². The normalized spacial score (nSPS) is 10.3. The van der Waals surface area contributed by atoms with Crippen LogP contribution in [-0.2, 0) is 6.54 Å². The van der Waals surface area contributed by atoms with E-state index >= 15 is 0 Å². The molecule has 0 amide bonds. The number of nitrogens with one attached hydrogen (secondary N) is 2. The SMILES string of the molecule is Cc1ccccc1Cn1cnc(NC(=S)Nc2ccc([N+](=O)[O-])cc2)n1. The van der Waals surface area contributed by atoms with Crippen molar-refractivity contribution in [1.82, 2.24) is 14.8 Å². The molecule has 9 heteroatoms. The van der Waals surface area contributed by atoms with E-state index in [9.17, 15) is 10.1 Å². The third-order valence-electron chi connectivity index (χ3n) is 3.69. The minimum Gasteiger partial charge on any atom is -0.332 e. The van der Waals surface area contributed by atoms with Crippen molar-refractivity contribution in [2.24, 2.45) is 0 Å². The fourth-order valence-corrected chi connectivity index (χ4v) is 2.53. The quantitative estimate of drug-likeness (QED) is 0.405. The number of nitro groups is 1. The summed E-state index contributed by atoms with van der Waals surface area (Å²) in [5.41, 5.74) is 3.00. The molecule has 132 valence electrons. The lowest BCUT2D eigenvalue weighted by Crippen LogP contribution is -2.20. The standard InChI is InChI=1S/C17H16N6O2S/c1-12-4-2-3-5-13(12)10-22-11-18-16(21-22)20-17(26)19-14-6-8-15(9-7-14)23(24)25/h2-9,11H,10H2,1H3,(H2,19,20,21,26). The molecule has 0 saturated carbocycles. The van der Waals surface area contributed by atoms with Crippen LogP contribution in [0.4, 0.5) is 17.3 Å². The molecule has 0 aliphatic rings. The highest BCUT2D eigenvalue weighted by Crippen LogP contribution is 2.15. The Bertz CT molecular complexity index is 938. The summed E-state index contributed by atoms with van der Waals surface area (Å²) >= 11 is 5.22. The lowest BCUT2D eigenvalue weighted by Gasteiger charge is -2.07. The molecule has 1 aromatic heterocycles. The number of nitrogens with zero attached hydrogens (tertiary/aromatic N) is 4. The molecule has 3 rings (SSSR count). The van der Waals surface area contributed by atoms with Gasteiger partial charge in [-0.25, -0.2) is 9.67 Å². The van der Waals surface area contributed by atoms with Crippen LogP contribution in [0.1, 0.15) is 11.1 Å². The zero-order valence-corrected chi connectivity index (χ0v) is 14.7. The van der Waals surface area contributed by atoms with Gasteiger partial charge in [-0.05, 0) is 42.4 Å². The van der Waals surface area contributed by atoms with Crippen molar-refractivity contribution in [1.29, 1.82) is 0 Å². The van der Waals surface area contributed by atoms with Gasteiger partial charge >= 0.3 is 0 Å². The highest BCUT2D eigenvalue weighted by atomic mass is 32.1. The first-order valence-corrected chi connectivity index (χ1v) is 8.18. The maximum absolute atomic E-state index is 10.7. The summed E-state index contributed by atoms with van der Waals surface area (Å²) in [6.45, 7) is 2.67. The number of nitro benzene ring substituents is 1. The molecule has 26 heavy (non-hydrogen) atoms. The minimum atomic E-state index is -0.453. The fraction of sp³-hybridized carbons (Fsp3) is 0.118. The van der Waals surface area contributed by atoms with Crippen LogP contribution in [0.15, 0.2) is 54.9 Å². The van der Waals surface area contributed by atoms with Crippen molar-refractivity contribution >= 4 is 34.7 Å². The Hall–Kier alpha value is -3.33. The Kier molecular flexibility index (Phi) is 5.18. The number of aromatic nitrogens is 3. The predicted molar refractivity (Wildman–Crippen MR) is 103 cm³/mol. The Labute approximate surface area is 155 Å². The Morgan fingerprint density at radius 1 is 1.19 bits per heavy atom. The third-order valence-corrected chi connectivity index (χ3v) is 3.90. The van der Waals surface area contributed by atoms with Crippen LogP contribution >= 0.6 is 12.2 Å². The molecule has 1 heterocycles.